The minimum Gasteiger partial charge on any atom is -0.459 e. The van der Waals surface area contributed by atoms with Gasteiger partial charge in [0.05, 0.1) is 17.7 Å². The van der Waals surface area contributed by atoms with Crippen molar-refractivity contribution in [1.29, 1.82) is 0 Å². The van der Waals surface area contributed by atoms with Crippen molar-refractivity contribution in [2.75, 3.05) is 0 Å². The average Bonchev–Trinajstić information content (AvgIpc) is 2.69. The molecule has 0 atom stereocenters. The van der Waals surface area contributed by atoms with E-state index in [9.17, 15) is 19.3 Å². The van der Waals surface area contributed by atoms with Gasteiger partial charge in [-0.2, -0.15) is 5.06 Å². The van der Waals surface area contributed by atoms with E-state index in [4.69, 9.17) is 19.0 Å². The van der Waals surface area contributed by atoms with Gasteiger partial charge in [-0.3, -0.25) is 4.84 Å². The molecule has 0 aliphatic heterocycles. The molecule has 2 saturated carbocycles. The van der Waals surface area contributed by atoms with Crippen LogP contribution in [0, 0.1) is 4.91 Å². The standard InChI is InChI=1S/C25H35N3O8/c1-24(2,3)34-22(30)26-17-11-20(12-17)36-28(23(31)35-25(4,5)6)18-13-19(14-18)33-21(29)15-7-9-16(27-32)10-8-15/h7-10,17-20H,11-14H2,1-6H3,(H,26,30). The first-order valence-electron chi connectivity index (χ1n) is 12.1. The van der Waals surface area contributed by atoms with E-state index >= 15 is 0 Å². The van der Waals surface area contributed by atoms with Gasteiger partial charge in [0.2, 0.25) is 0 Å². The number of nitroso groups, excluding NO2 is 1. The van der Waals surface area contributed by atoms with Crippen LogP contribution in [-0.2, 0) is 19.0 Å². The third kappa shape index (κ3) is 7.91. The summed E-state index contributed by atoms with van der Waals surface area (Å²) in [5, 5.41) is 6.83. The summed E-state index contributed by atoms with van der Waals surface area (Å²) in [6, 6.07) is 5.40. The monoisotopic (exact) mass is 505 g/mol. The van der Waals surface area contributed by atoms with Crippen LogP contribution < -0.4 is 5.32 Å². The Morgan fingerprint density at radius 2 is 1.47 bits per heavy atom. The molecule has 11 nitrogen and oxygen atoms in total. The summed E-state index contributed by atoms with van der Waals surface area (Å²) in [6.07, 6.45) is 0.0709. The highest BCUT2D eigenvalue weighted by atomic mass is 16.7. The molecule has 0 spiro atoms. The fourth-order valence-corrected chi connectivity index (χ4v) is 3.69. The van der Waals surface area contributed by atoms with Crippen molar-refractivity contribution in [2.45, 2.75) is 103 Å². The zero-order valence-corrected chi connectivity index (χ0v) is 21.6. The third-order valence-corrected chi connectivity index (χ3v) is 5.54. The minimum atomic E-state index is -0.711. The summed E-state index contributed by atoms with van der Waals surface area (Å²) >= 11 is 0. The van der Waals surface area contributed by atoms with Gasteiger partial charge in [0, 0.05) is 18.9 Å². The number of ether oxygens (including phenoxy) is 3. The van der Waals surface area contributed by atoms with Crippen LogP contribution >= 0.6 is 0 Å². The first kappa shape index (κ1) is 27.4. The molecule has 198 valence electrons. The van der Waals surface area contributed by atoms with E-state index in [1.54, 1.807) is 41.5 Å². The molecule has 2 fully saturated rings. The maximum Gasteiger partial charge on any atom is 0.434 e. The Labute approximate surface area is 210 Å². The zero-order chi connectivity index (χ0) is 26.7. The summed E-state index contributed by atoms with van der Waals surface area (Å²) in [5.41, 5.74) is -0.765. The molecule has 2 aliphatic carbocycles. The van der Waals surface area contributed by atoms with Crippen molar-refractivity contribution in [1.82, 2.24) is 10.4 Å². The van der Waals surface area contributed by atoms with Crippen LogP contribution in [0.5, 0.6) is 0 Å². The first-order chi connectivity index (χ1) is 16.7. The van der Waals surface area contributed by atoms with E-state index in [-0.39, 0.29) is 30.0 Å². The number of hydrogen-bond acceptors (Lipinski definition) is 9. The molecule has 2 aliphatic rings. The molecule has 0 saturated heterocycles. The minimum absolute atomic E-state index is 0.110. The second-order valence-corrected chi connectivity index (χ2v) is 11.1. The smallest absolute Gasteiger partial charge is 0.434 e. The van der Waals surface area contributed by atoms with E-state index in [0.717, 1.165) is 0 Å². The van der Waals surface area contributed by atoms with Crippen LogP contribution in [-0.4, -0.2) is 58.7 Å². The normalized spacial score (nSPS) is 23.4. The number of esters is 1. The molecule has 0 bridgehead atoms. The van der Waals surface area contributed by atoms with Gasteiger partial charge in [-0.15, -0.1) is 4.91 Å². The number of benzene rings is 1. The Morgan fingerprint density at radius 1 is 0.889 bits per heavy atom. The van der Waals surface area contributed by atoms with Gasteiger partial charge in [-0.05, 0) is 83.8 Å². The predicted octanol–water partition coefficient (Wildman–Crippen LogP) is 5.00. The topological polar surface area (TPSA) is 133 Å². The van der Waals surface area contributed by atoms with Gasteiger partial charge in [0.15, 0.2) is 0 Å². The fraction of sp³-hybridized carbons (Fsp3) is 0.640. The van der Waals surface area contributed by atoms with Crippen LogP contribution in [0.25, 0.3) is 0 Å². The Morgan fingerprint density at radius 3 is 2.00 bits per heavy atom. The van der Waals surface area contributed by atoms with Crippen molar-refractivity contribution in [3.63, 3.8) is 0 Å². The van der Waals surface area contributed by atoms with Crippen molar-refractivity contribution >= 4 is 23.8 Å². The van der Waals surface area contributed by atoms with Gasteiger partial charge in [-0.25, -0.2) is 14.4 Å². The van der Waals surface area contributed by atoms with Gasteiger partial charge in [-0.1, -0.05) is 0 Å². The zero-order valence-electron chi connectivity index (χ0n) is 21.6. The Hall–Kier alpha value is -3.21. The number of alkyl carbamates (subject to hydrolysis) is 1. The Bertz CT molecular complexity index is 955. The molecular weight excluding hydrogens is 470 g/mol. The number of amides is 2. The van der Waals surface area contributed by atoms with Gasteiger partial charge >= 0.3 is 18.2 Å². The molecule has 1 N–H and O–H groups in total. The number of rotatable bonds is 7. The molecule has 0 radical (unpaired) electrons. The van der Waals surface area contributed by atoms with Crippen molar-refractivity contribution in [3.8, 4) is 0 Å². The lowest BCUT2D eigenvalue weighted by molar-refractivity contribution is -0.242. The van der Waals surface area contributed by atoms with Crippen LogP contribution in [0.3, 0.4) is 0 Å². The Balaban J connectivity index is 1.51. The van der Waals surface area contributed by atoms with Gasteiger partial charge in [0.1, 0.15) is 23.0 Å². The third-order valence-electron chi connectivity index (χ3n) is 5.54. The highest BCUT2D eigenvalue weighted by Crippen LogP contribution is 2.34. The molecule has 36 heavy (non-hydrogen) atoms. The quantitative estimate of drug-likeness (QED) is 0.237. The molecule has 11 heteroatoms. The molecule has 1 aromatic carbocycles. The van der Waals surface area contributed by atoms with Crippen molar-refractivity contribution < 1.29 is 33.4 Å². The highest BCUT2D eigenvalue weighted by Gasteiger charge is 2.44. The fourth-order valence-electron chi connectivity index (χ4n) is 3.69. The summed E-state index contributed by atoms with van der Waals surface area (Å²) in [7, 11) is 0. The molecular formula is C25H35N3O8. The van der Waals surface area contributed by atoms with E-state index in [1.807, 2.05) is 0 Å². The lowest BCUT2D eigenvalue weighted by atomic mass is 9.88. The molecule has 2 amide bonds. The van der Waals surface area contributed by atoms with E-state index in [0.29, 0.717) is 31.2 Å². The average molecular weight is 506 g/mol. The SMILES string of the molecule is CC(C)(C)OC(=O)NC1CC(ON(C(=O)OC(C)(C)C)C2CC(OC(=O)c3ccc(N=O)cc3)C2)C1. The molecule has 0 heterocycles. The number of nitrogens with zero attached hydrogens (tertiary/aromatic N) is 2. The molecule has 0 aromatic heterocycles. The van der Waals surface area contributed by atoms with Crippen molar-refractivity contribution in [2.24, 2.45) is 5.18 Å². The van der Waals surface area contributed by atoms with E-state index in [1.165, 1.54) is 29.3 Å². The molecule has 1 aromatic rings. The maximum absolute atomic E-state index is 12.8. The Kier molecular flexibility index (Phi) is 8.22. The van der Waals surface area contributed by atoms with Crippen LogP contribution in [0.2, 0.25) is 0 Å². The maximum atomic E-state index is 12.8. The van der Waals surface area contributed by atoms with Crippen molar-refractivity contribution in [3.05, 3.63) is 34.7 Å². The number of carbonyl (C=O) groups excluding carboxylic acids is 3. The number of hydrogen-bond donors (Lipinski definition) is 1. The largest absolute Gasteiger partial charge is 0.459 e. The highest BCUT2D eigenvalue weighted by molar-refractivity contribution is 5.89. The number of nitrogens with one attached hydrogen (secondary N) is 1. The van der Waals surface area contributed by atoms with Gasteiger partial charge < -0.3 is 19.5 Å². The van der Waals surface area contributed by atoms with E-state index < -0.39 is 29.4 Å². The molecule has 0 unspecified atom stereocenters. The number of carbonyl (C=O) groups is 3. The second-order valence-electron chi connectivity index (χ2n) is 11.1. The summed E-state index contributed by atoms with van der Waals surface area (Å²) in [4.78, 5) is 53.7. The lowest BCUT2D eigenvalue weighted by Gasteiger charge is -2.45. The van der Waals surface area contributed by atoms with Crippen LogP contribution in [0.4, 0.5) is 15.3 Å². The first-order valence-corrected chi connectivity index (χ1v) is 12.1. The number of hydroxylamine groups is 2. The van der Waals surface area contributed by atoms with Gasteiger partial charge in [0.25, 0.3) is 0 Å². The summed E-state index contributed by atoms with van der Waals surface area (Å²) in [5.74, 6) is -0.518. The summed E-state index contributed by atoms with van der Waals surface area (Å²) in [6.45, 7) is 10.7. The predicted molar refractivity (Wildman–Crippen MR) is 129 cm³/mol. The van der Waals surface area contributed by atoms with Crippen LogP contribution in [0.15, 0.2) is 29.4 Å². The molecule has 3 rings (SSSR count). The lowest BCUT2D eigenvalue weighted by Crippen LogP contribution is -2.56. The summed E-state index contributed by atoms with van der Waals surface area (Å²) < 4.78 is 16.3. The van der Waals surface area contributed by atoms with E-state index in [2.05, 4.69) is 10.5 Å². The van der Waals surface area contributed by atoms with Crippen LogP contribution in [0.1, 0.15) is 77.6 Å². The second kappa shape index (κ2) is 10.8.